The van der Waals surface area contributed by atoms with Crippen LogP contribution in [0.1, 0.15) is 6.92 Å². The van der Waals surface area contributed by atoms with Crippen molar-refractivity contribution in [1.29, 1.82) is 0 Å². The highest BCUT2D eigenvalue weighted by atomic mass is 79.9. The summed E-state index contributed by atoms with van der Waals surface area (Å²) in [6.45, 7) is 1.64. The van der Waals surface area contributed by atoms with Crippen molar-refractivity contribution in [2.45, 2.75) is 17.9 Å². The zero-order valence-corrected chi connectivity index (χ0v) is 13.3. The van der Waals surface area contributed by atoms with E-state index in [0.29, 0.717) is 4.47 Å². The van der Waals surface area contributed by atoms with Gasteiger partial charge in [0.05, 0.1) is 10.0 Å². The first-order valence-electron chi connectivity index (χ1n) is 4.50. The molecule has 0 heterocycles. The highest BCUT2D eigenvalue weighted by Gasteiger charge is 2.23. The molecule has 0 aromatic heterocycles. The van der Waals surface area contributed by atoms with Crippen molar-refractivity contribution in [3.63, 3.8) is 0 Å². The van der Waals surface area contributed by atoms with Gasteiger partial charge in [-0.3, -0.25) is 0 Å². The number of halogens is 4. The molecule has 0 aliphatic heterocycles. The standard InChI is InChI=1S/C9H9BrCl3NO2S/c1-5(4-11)14-17(15,16)9-7(12)2-6(10)3-8(9)13/h2-3,5,14H,4H2,1H3. The summed E-state index contributed by atoms with van der Waals surface area (Å²) in [6, 6.07) is 2.53. The Hall–Kier alpha value is 0.480. The number of benzene rings is 1. The lowest BCUT2D eigenvalue weighted by molar-refractivity contribution is 0.570. The molecule has 1 unspecified atom stereocenters. The van der Waals surface area contributed by atoms with Crippen molar-refractivity contribution in [2.24, 2.45) is 0 Å². The molecule has 1 aromatic rings. The first-order chi connectivity index (χ1) is 7.77. The molecule has 96 valence electrons. The Balaban J connectivity index is 3.25. The van der Waals surface area contributed by atoms with Gasteiger partial charge >= 0.3 is 0 Å². The maximum Gasteiger partial charge on any atom is 0.243 e. The van der Waals surface area contributed by atoms with E-state index in [1.807, 2.05) is 0 Å². The van der Waals surface area contributed by atoms with Gasteiger partial charge in [0.25, 0.3) is 0 Å². The molecule has 1 N–H and O–H groups in total. The topological polar surface area (TPSA) is 46.2 Å². The third-order valence-electron chi connectivity index (χ3n) is 1.82. The first kappa shape index (κ1) is 15.5. The smallest absolute Gasteiger partial charge is 0.207 e. The summed E-state index contributed by atoms with van der Waals surface area (Å²) in [5.41, 5.74) is 0. The van der Waals surface area contributed by atoms with E-state index in [9.17, 15) is 8.42 Å². The third-order valence-corrected chi connectivity index (χ3v) is 5.25. The van der Waals surface area contributed by atoms with Crippen molar-refractivity contribution < 1.29 is 8.42 Å². The zero-order valence-electron chi connectivity index (χ0n) is 8.68. The molecule has 0 aliphatic rings. The van der Waals surface area contributed by atoms with Gasteiger partial charge in [-0.25, -0.2) is 13.1 Å². The molecule has 0 amide bonds. The number of sulfonamides is 1. The van der Waals surface area contributed by atoms with Crippen LogP contribution in [0.3, 0.4) is 0 Å². The van der Waals surface area contributed by atoms with E-state index in [2.05, 4.69) is 20.7 Å². The molecule has 8 heteroatoms. The third kappa shape index (κ3) is 3.98. The van der Waals surface area contributed by atoms with Crippen LogP contribution in [0.15, 0.2) is 21.5 Å². The Morgan fingerprint density at radius 2 is 1.82 bits per heavy atom. The minimum atomic E-state index is -3.77. The van der Waals surface area contributed by atoms with Crippen LogP contribution < -0.4 is 4.72 Å². The van der Waals surface area contributed by atoms with E-state index in [-0.39, 0.29) is 20.8 Å². The fraction of sp³-hybridized carbons (Fsp3) is 0.333. The van der Waals surface area contributed by atoms with Gasteiger partial charge in [-0.1, -0.05) is 39.1 Å². The molecule has 0 saturated carbocycles. The Morgan fingerprint density at radius 1 is 1.35 bits per heavy atom. The van der Waals surface area contributed by atoms with E-state index in [1.165, 1.54) is 12.1 Å². The van der Waals surface area contributed by atoms with Gasteiger partial charge in [-0.05, 0) is 19.1 Å². The van der Waals surface area contributed by atoms with Crippen LogP contribution >= 0.6 is 50.7 Å². The van der Waals surface area contributed by atoms with Crippen LogP contribution in [0.2, 0.25) is 10.0 Å². The average molecular weight is 382 g/mol. The average Bonchev–Trinajstić information content (AvgIpc) is 2.14. The molecule has 1 rings (SSSR count). The molecular weight excluding hydrogens is 372 g/mol. The highest BCUT2D eigenvalue weighted by molar-refractivity contribution is 9.10. The van der Waals surface area contributed by atoms with E-state index >= 15 is 0 Å². The Labute approximate surface area is 124 Å². The summed E-state index contributed by atoms with van der Waals surface area (Å²) in [6.07, 6.45) is 0. The van der Waals surface area contributed by atoms with Gasteiger partial charge in [-0.2, -0.15) is 0 Å². The largest absolute Gasteiger partial charge is 0.243 e. The fourth-order valence-electron chi connectivity index (χ4n) is 1.14. The molecule has 0 radical (unpaired) electrons. The Kier molecular flexibility index (Phi) is 5.56. The lowest BCUT2D eigenvalue weighted by atomic mass is 10.4. The monoisotopic (exact) mass is 379 g/mol. The van der Waals surface area contributed by atoms with Crippen molar-refractivity contribution in [2.75, 3.05) is 5.88 Å². The second-order valence-electron chi connectivity index (χ2n) is 3.38. The Morgan fingerprint density at radius 3 is 2.24 bits per heavy atom. The summed E-state index contributed by atoms with van der Waals surface area (Å²) in [5, 5.41) is 0.109. The van der Waals surface area contributed by atoms with Crippen LogP contribution in [0.4, 0.5) is 0 Å². The molecule has 1 atom stereocenters. The van der Waals surface area contributed by atoms with Gasteiger partial charge in [0.2, 0.25) is 10.0 Å². The Bertz CT molecular complexity index is 498. The van der Waals surface area contributed by atoms with E-state index < -0.39 is 16.1 Å². The molecule has 0 spiro atoms. The van der Waals surface area contributed by atoms with Crippen LogP contribution in [0.5, 0.6) is 0 Å². The van der Waals surface area contributed by atoms with Gasteiger partial charge in [0.15, 0.2) is 0 Å². The maximum atomic E-state index is 12.0. The first-order valence-corrected chi connectivity index (χ1v) is 8.07. The second kappa shape index (κ2) is 6.08. The van der Waals surface area contributed by atoms with E-state index in [1.54, 1.807) is 6.92 Å². The number of rotatable bonds is 4. The molecule has 0 saturated heterocycles. The number of hydrogen-bond donors (Lipinski definition) is 1. The van der Waals surface area contributed by atoms with Crippen LogP contribution in [-0.4, -0.2) is 20.3 Å². The number of hydrogen-bond acceptors (Lipinski definition) is 2. The summed E-state index contributed by atoms with van der Waals surface area (Å²) >= 11 is 20.5. The SMILES string of the molecule is CC(CCl)NS(=O)(=O)c1c(Cl)cc(Br)cc1Cl. The molecule has 3 nitrogen and oxygen atoms in total. The second-order valence-corrected chi connectivity index (χ2v) is 7.06. The number of alkyl halides is 1. The maximum absolute atomic E-state index is 12.0. The summed E-state index contributed by atoms with van der Waals surface area (Å²) < 4.78 is 27.0. The molecule has 1 aromatic carbocycles. The fourth-order valence-corrected chi connectivity index (χ4v) is 4.49. The summed E-state index contributed by atoms with van der Waals surface area (Å²) in [4.78, 5) is -0.138. The van der Waals surface area contributed by atoms with Gasteiger partial charge in [0, 0.05) is 16.4 Å². The quantitative estimate of drug-likeness (QED) is 0.809. The predicted molar refractivity (Wildman–Crippen MR) is 74.7 cm³/mol. The zero-order chi connectivity index (χ0) is 13.2. The molecule has 0 fully saturated rings. The molecule has 0 bridgehead atoms. The minimum absolute atomic E-state index is 0.0543. The van der Waals surface area contributed by atoms with E-state index in [4.69, 9.17) is 34.8 Å². The summed E-state index contributed by atoms with van der Waals surface area (Å²) in [7, 11) is -3.77. The van der Waals surface area contributed by atoms with Crippen LogP contribution in [-0.2, 0) is 10.0 Å². The summed E-state index contributed by atoms with van der Waals surface area (Å²) in [5.74, 6) is 0.158. The highest BCUT2D eigenvalue weighted by Crippen LogP contribution is 2.32. The van der Waals surface area contributed by atoms with Crippen molar-refractivity contribution in [3.8, 4) is 0 Å². The van der Waals surface area contributed by atoms with Gasteiger partial charge in [0.1, 0.15) is 4.90 Å². The normalized spacial score (nSPS) is 13.7. The molecule has 0 aliphatic carbocycles. The molecular formula is C9H9BrCl3NO2S. The van der Waals surface area contributed by atoms with Crippen molar-refractivity contribution >= 4 is 60.8 Å². The minimum Gasteiger partial charge on any atom is -0.207 e. The molecule has 17 heavy (non-hydrogen) atoms. The van der Waals surface area contributed by atoms with Gasteiger partial charge < -0.3 is 0 Å². The van der Waals surface area contributed by atoms with Gasteiger partial charge in [-0.15, -0.1) is 11.6 Å². The van der Waals surface area contributed by atoms with Crippen LogP contribution in [0, 0.1) is 0 Å². The van der Waals surface area contributed by atoms with Crippen LogP contribution in [0.25, 0.3) is 0 Å². The van der Waals surface area contributed by atoms with E-state index in [0.717, 1.165) is 0 Å². The van der Waals surface area contributed by atoms with Crippen molar-refractivity contribution in [3.05, 3.63) is 26.7 Å². The predicted octanol–water partition coefficient (Wildman–Crippen LogP) is 3.66. The lowest BCUT2D eigenvalue weighted by Gasteiger charge is -2.13. The van der Waals surface area contributed by atoms with Crippen molar-refractivity contribution in [1.82, 2.24) is 4.72 Å². The lowest BCUT2D eigenvalue weighted by Crippen LogP contribution is -2.34. The number of nitrogens with one attached hydrogen (secondary N) is 1.